The molecule has 0 bridgehead atoms. The van der Waals surface area contributed by atoms with Gasteiger partial charge in [0.2, 0.25) is 0 Å². The molecule has 0 aromatic heterocycles. The van der Waals surface area contributed by atoms with Crippen molar-refractivity contribution in [1.29, 1.82) is 0 Å². The molecule has 1 rings (SSSR count). The molecule has 0 heterocycles. The van der Waals surface area contributed by atoms with Gasteiger partial charge in [0.25, 0.3) is 0 Å². The Kier molecular flexibility index (Phi) is 2.37. The van der Waals surface area contributed by atoms with Gasteiger partial charge in [0.15, 0.2) is 0 Å². The first-order valence-corrected chi connectivity index (χ1v) is 3.62. The van der Waals surface area contributed by atoms with E-state index in [2.05, 4.69) is 0 Å². The average molecular weight is 173 g/mol. The highest BCUT2D eigenvalue weighted by Crippen LogP contribution is 2.26. The smallest absolute Gasteiger partial charge is 0.134 e. The summed E-state index contributed by atoms with van der Waals surface area (Å²) < 4.78 is 0. The van der Waals surface area contributed by atoms with E-state index in [1.165, 1.54) is 6.07 Å². The first-order chi connectivity index (χ1) is 5.15. The Morgan fingerprint density at radius 3 is 2.64 bits per heavy atom. The summed E-state index contributed by atoms with van der Waals surface area (Å²) in [6.45, 7) is 1.76. The van der Waals surface area contributed by atoms with Gasteiger partial charge in [-0.25, -0.2) is 0 Å². The highest BCUT2D eigenvalue weighted by Gasteiger charge is 2.02. The number of aryl methyl sites for hydroxylation is 1. The molecular formula is C8H9ClO2. The lowest BCUT2D eigenvalue weighted by Gasteiger charge is -2.03. The second-order valence-corrected chi connectivity index (χ2v) is 2.80. The molecule has 0 unspecified atom stereocenters. The van der Waals surface area contributed by atoms with Crippen LogP contribution in [-0.2, 0) is 6.61 Å². The Hall–Kier alpha value is -0.730. The molecule has 0 saturated heterocycles. The van der Waals surface area contributed by atoms with Gasteiger partial charge in [-0.2, -0.15) is 0 Å². The fraction of sp³-hybridized carbons (Fsp3) is 0.250. The molecule has 3 heteroatoms. The van der Waals surface area contributed by atoms with Crippen LogP contribution in [-0.4, -0.2) is 10.2 Å². The molecule has 2 nitrogen and oxygen atoms in total. The Labute approximate surface area is 70.1 Å². The summed E-state index contributed by atoms with van der Waals surface area (Å²) in [5.41, 5.74) is 1.59. The van der Waals surface area contributed by atoms with E-state index in [0.717, 1.165) is 11.1 Å². The van der Waals surface area contributed by atoms with Crippen molar-refractivity contribution in [2.24, 2.45) is 0 Å². The minimum Gasteiger partial charge on any atom is -0.506 e. The molecular weight excluding hydrogens is 164 g/mol. The lowest BCUT2D eigenvalue weighted by atomic mass is 10.1. The second-order valence-electron chi connectivity index (χ2n) is 2.39. The van der Waals surface area contributed by atoms with Gasteiger partial charge in [0.05, 0.1) is 11.6 Å². The molecule has 0 radical (unpaired) electrons. The Morgan fingerprint density at radius 1 is 1.45 bits per heavy atom. The van der Waals surface area contributed by atoms with Crippen LogP contribution in [0.15, 0.2) is 12.1 Å². The van der Waals surface area contributed by atoms with E-state index >= 15 is 0 Å². The molecule has 0 aliphatic carbocycles. The molecule has 0 fully saturated rings. The third kappa shape index (κ3) is 1.64. The number of phenols is 1. The van der Waals surface area contributed by atoms with Gasteiger partial charge < -0.3 is 10.2 Å². The van der Waals surface area contributed by atoms with Crippen LogP contribution >= 0.6 is 11.6 Å². The largest absolute Gasteiger partial charge is 0.506 e. The first-order valence-electron chi connectivity index (χ1n) is 3.24. The second kappa shape index (κ2) is 3.11. The van der Waals surface area contributed by atoms with E-state index in [0.29, 0.717) is 0 Å². The number of hydrogen-bond donors (Lipinski definition) is 2. The van der Waals surface area contributed by atoms with Crippen LogP contribution in [0.3, 0.4) is 0 Å². The van der Waals surface area contributed by atoms with Crippen LogP contribution in [0.1, 0.15) is 11.1 Å². The van der Waals surface area contributed by atoms with E-state index in [1.54, 1.807) is 6.07 Å². The highest BCUT2D eigenvalue weighted by molar-refractivity contribution is 6.32. The molecule has 0 aliphatic rings. The third-order valence-electron chi connectivity index (χ3n) is 1.58. The van der Waals surface area contributed by atoms with Crippen LogP contribution in [0.4, 0.5) is 0 Å². The van der Waals surface area contributed by atoms with Crippen LogP contribution in [0, 0.1) is 6.92 Å². The normalized spacial score (nSPS) is 10.1. The van der Waals surface area contributed by atoms with Crippen molar-refractivity contribution >= 4 is 11.6 Å². The van der Waals surface area contributed by atoms with Gasteiger partial charge in [-0.3, -0.25) is 0 Å². The molecule has 0 spiro atoms. The summed E-state index contributed by atoms with van der Waals surface area (Å²) in [6, 6.07) is 3.10. The van der Waals surface area contributed by atoms with Crippen LogP contribution < -0.4 is 0 Å². The summed E-state index contributed by atoms with van der Waals surface area (Å²) >= 11 is 5.60. The lowest BCUT2D eigenvalue weighted by molar-refractivity contribution is 0.281. The monoisotopic (exact) mass is 172 g/mol. The Balaban J connectivity index is 3.21. The lowest BCUT2D eigenvalue weighted by Crippen LogP contribution is -1.87. The van der Waals surface area contributed by atoms with Crippen molar-refractivity contribution < 1.29 is 10.2 Å². The summed E-state index contributed by atoms with van der Waals surface area (Å²) in [5.74, 6) is 0.0568. The van der Waals surface area contributed by atoms with Crippen LogP contribution in [0.5, 0.6) is 5.75 Å². The highest BCUT2D eigenvalue weighted by atomic mass is 35.5. The number of phenolic OH excluding ortho intramolecular Hbond substituents is 1. The van der Waals surface area contributed by atoms with Gasteiger partial charge in [-0.05, 0) is 30.2 Å². The number of aromatic hydroxyl groups is 1. The zero-order valence-corrected chi connectivity index (χ0v) is 6.89. The molecule has 0 atom stereocenters. The van der Waals surface area contributed by atoms with Crippen molar-refractivity contribution in [2.45, 2.75) is 13.5 Å². The van der Waals surface area contributed by atoms with E-state index < -0.39 is 0 Å². The van der Waals surface area contributed by atoms with Crippen molar-refractivity contribution in [2.75, 3.05) is 0 Å². The molecule has 11 heavy (non-hydrogen) atoms. The number of hydrogen-bond acceptors (Lipinski definition) is 2. The van der Waals surface area contributed by atoms with Crippen molar-refractivity contribution in [3.05, 3.63) is 28.3 Å². The number of aliphatic hydroxyl groups excluding tert-OH is 1. The first kappa shape index (κ1) is 8.37. The standard InChI is InChI=1S/C8H9ClO2/c1-5-2-8(11)7(9)3-6(5)4-10/h2-3,10-11H,4H2,1H3. The maximum absolute atomic E-state index is 9.11. The summed E-state index contributed by atoms with van der Waals surface area (Å²) in [4.78, 5) is 0. The molecule has 0 aliphatic heterocycles. The molecule has 1 aromatic rings. The number of benzene rings is 1. The van der Waals surface area contributed by atoms with Crippen LogP contribution in [0.2, 0.25) is 5.02 Å². The Morgan fingerprint density at radius 2 is 2.09 bits per heavy atom. The quantitative estimate of drug-likeness (QED) is 0.679. The molecule has 2 N–H and O–H groups in total. The topological polar surface area (TPSA) is 40.5 Å². The van der Waals surface area contributed by atoms with E-state index in [9.17, 15) is 0 Å². The van der Waals surface area contributed by atoms with Crippen molar-refractivity contribution in [3.63, 3.8) is 0 Å². The average Bonchev–Trinajstić information content (AvgIpc) is 1.97. The van der Waals surface area contributed by atoms with Crippen molar-refractivity contribution in [1.82, 2.24) is 0 Å². The fourth-order valence-corrected chi connectivity index (χ4v) is 1.06. The van der Waals surface area contributed by atoms with E-state index in [1.807, 2.05) is 6.92 Å². The number of aliphatic hydroxyl groups is 1. The van der Waals surface area contributed by atoms with Gasteiger partial charge in [-0.15, -0.1) is 0 Å². The zero-order chi connectivity index (χ0) is 8.43. The van der Waals surface area contributed by atoms with Crippen LogP contribution in [0.25, 0.3) is 0 Å². The van der Waals surface area contributed by atoms with Gasteiger partial charge in [0.1, 0.15) is 5.75 Å². The number of rotatable bonds is 1. The molecule has 60 valence electrons. The zero-order valence-electron chi connectivity index (χ0n) is 6.13. The minimum atomic E-state index is -0.0498. The van der Waals surface area contributed by atoms with Crippen molar-refractivity contribution in [3.8, 4) is 5.75 Å². The summed E-state index contributed by atoms with van der Waals surface area (Å²) in [6.07, 6.45) is 0. The third-order valence-corrected chi connectivity index (χ3v) is 1.88. The van der Waals surface area contributed by atoms with E-state index in [4.69, 9.17) is 21.8 Å². The predicted molar refractivity (Wildman–Crippen MR) is 43.8 cm³/mol. The van der Waals surface area contributed by atoms with E-state index in [-0.39, 0.29) is 17.4 Å². The minimum absolute atomic E-state index is 0.0498. The maximum Gasteiger partial charge on any atom is 0.134 e. The SMILES string of the molecule is Cc1cc(O)c(Cl)cc1CO. The molecule has 0 saturated carbocycles. The van der Waals surface area contributed by atoms with Gasteiger partial charge in [-0.1, -0.05) is 11.6 Å². The molecule has 0 amide bonds. The maximum atomic E-state index is 9.11. The fourth-order valence-electron chi connectivity index (χ4n) is 0.878. The Bertz CT molecular complexity index is 271. The molecule has 1 aromatic carbocycles. The number of halogens is 1. The van der Waals surface area contributed by atoms with Gasteiger partial charge >= 0.3 is 0 Å². The predicted octanol–water partition coefficient (Wildman–Crippen LogP) is 1.85. The van der Waals surface area contributed by atoms with Gasteiger partial charge in [0, 0.05) is 0 Å². The summed E-state index contributed by atoms with van der Waals surface area (Å²) in [7, 11) is 0. The summed E-state index contributed by atoms with van der Waals surface area (Å²) in [5, 5.41) is 18.2.